The molecule has 1 aliphatic rings. The molecule has 4 atom stereocenters. The second-order valence-corrected chi connectivity index (χ2v) is 12.5. The molecule has 0 radical (unpaired) electrons. The van der Waals surface area contributed by atoms with Gasteiger partial charge in [0, 0.05) is 18.4 Å². The molecule has 0 bridgehead atoms. The topological polar surface area (TPSA) is 146 Å². The van der Waals surface area contributed by atoms with Crippen LogP contribution in [0.3, 0.4) is 0 Å². The zero-order chi connectivity index (χ0) is 32.8. The number of nitrogens with zero attached hydrogens (tertiary/aromatic N) is 1. The highest BCUT2D eigenvalue weighted by atomic mass is 16.7. The smallest absolute Gasteiger partial charge is 0.328 e. The van der Waals surface area contributed by atoms with Crippen LogP contribution in [0.25, 0.3) is 10.8 Å². The predicted molar refractivity (Wildman–Crippen MR) is 170 cm³/mol. The van der Waals surface area contributed by atoms with Crippen molar-refractivity contribution in [3.05, 3.63) is 83.9 Å². The monoisotopic (exact) mass is 615 g/mol. The van der Waals surface area contributed by atoms with Gasteiger partial charge in [-0.1, -0.05) is 78.8 Å². The second-order valence-electron chi connectivity index (χ2n) is 12.5. The van der Waals surface area contributed by atoms with E-state index >= 15 is 0 Å². The number of fused-ring (bicyclic) bond motifs is 1. The Labute approximate surface area is 263 Å². The molecule has 0 aliphatic carbocycles. The van der Waals surface area contributed by atoms with Crippen molar-refractivity contribution in [1.82, 2.24) is 5.32 Å². The quantitative estimate of drug-likeness (QED) is 0.226. The van der Waals surface area contributed by atoms with Gasteiger partial charge in [0.25, 0.3) is 5.91 Å². The van der Waals surface area contributed by atoms with Gasteiger partial charge in [0.05, 0.1) is 25.2 Å². The van der Waals surface area contributed by atoms with Gasteiger partial charge < -0.3 is 25.4 Å². The van der Waals surface area contributed by atoms with E-state index in [2.05, 4.69) is 10.5 Å². The molecule has 0 fully saturated rings. The third kappa shape index (κ3) is 8.13. The number of ether oxygens (including phenoxy) is 2. The normalized spacial score (nSPS) is 18.2. The van der Waals surface area contributed by atoms with Crippen LogP contribution in [-0.2, 0) is 35.1 Å². The standard InChI is InChI=1S/C35H41N3O7/c1-22(21-36)30(31(40)26-16-15-24-13-9-10-14-25(24)17-26)28-20-35(45-38-28,19-23-11-7-6-8-12-23)33(42)37-27(32(41)43-5)18-29(39)44-34(2,3)4/h6-17,22,27,30H,18-21,36H2,1-5H3,(H,37,42)/t22?,27-,30-,35?/m0/s1. The number of carbonyl (C=O) groups is 4. The molecule has 3 N–H and O–H groups in total. The number of benzene rings is 3. The summed E-state index contributed by atoms with van der Waals surface area (Å²) < 4.78 is 10.3. The Kier molecular flexibility index (Phi) is 10.4. The van der Waals surface area contributed by atoms with Crippen LogP contribution in [0.2, 0.25) is 0 Å². The molecule has 1 amide bonds. The average Bonchev–Trinajstić information content (AvgIpc) is 3.43. The van der Waals surface area contributed by atoms with E-state index in [1.54, 1.807) is 26.8 Å². The lowest BCUT2D eigenvalue weighted by Gasteiger charge is -2.29. The van der Waals surface area contributed by atoms with Gasteiger partial charge in [-0.15, -0.1) is 0 Å². The van der Waals surface area contributed by atoms with Crippen LogP contribution in [0.15, 0.2) is 78.0 Å². The molecule has 3 aromatic carbocycles. The Morgan fingerprint density at radius 3 is 2.31 bits per heavy atom. The van der Waals surface area contributed by atoms with Crippen molar-refractivity contribution >= 4 is 40.1 Å². The van der Waals surface area contributed by atoms with Crippen LogP contribution in [-0.4, -0.2) is 60.2 Å². The Hall–Kier alpha value is -4.57. The highest BCUT2D eigenvalue weighted by molar-refractivity contribution is 6.15. The highest BCUT2D eigenvalue weighted by Gasteiger charge is 2.50. The first kappa shape index (κ1) is 33.3. The number of methoxy groups -OCH3 is 1. The van der Waals surface area contributed by atoms with E-state index in [1.165, 1.54) is 7.11 Å². The number of amides is 1. The lowest BCUT2D eigenvalue weighted by atomic mass is 9.78. The van der Waals surface area contributed by atoms with Crippen molar-refractivity contribution < 1.29 is 33.5 Å². The maximum absolute atomic E-state index is 14.1. The highest BCUT2D eigenvalue weighted by Crippen LogP contribution is 2.35. The number of ketones is 1. The Bertz CT molecular complexity index is 1580. The lowest BCUT2D eigenvalue weighted by Crippen LogP contribution is -2.55. The molecule has 3 aromatic rings. The summed E-state index contributed by atoms with van der Waals surface area (Å²) >= 11 is 0. The maximum atomic E-state index is 14.1. The van der Waals surface area contributed by atoms with E-state index in [1.807, 2.05) is 73.7 Å². The molecule has 238 valence electrons. The van der Waals surface area contributed by atoms with Crippen molar-refractivity contribution in [3.8, 4) is 0 Å². The SMILES string of the molecule is COC(=O)[C@H](CC(=O)OC(C)(C)C)NC(=O)C1(Cc2ccccc2)CC([C@@H](C(=O)c2ccc3ccccc3c2)C(C)CN)=NO1. The van der Waals surface area contributed by atoms with Crippen molar-refractivity contribution in [2.75, 3.05) is 13.7 Å². The largest absolute Gasteiger partial charge is 0.467 e. The van der Waals surface area contributed by atoms with E-state index in [9.17, 15) is 19.2 Å². The number of hydrogen-bond donors (Lipinski definition) is 2. The van der Waals surface area contributed by atoms with Crippen LogP contribution in [0.1, 0.15) is 56.5 Å². The second kappa shape index (κ2) is 14.0. The minimum atomic E-state index is -1.62. The predicted octanol–water partition coefficient (Wildman–Crippen LogP) is 4.38. The molecule has 1 aliphatic heterocycles. The molecule has 0 aromatic heterocycles. The zero-order valence-corrected chi connectivity index (χ0v) is 26.4. The van der Waals surface area contributed by atoms with Crippen LogP contribution < -0.4 is 11.1 Å². The van der Waals surface area contributed by atoms with E-state index < -0.39 is 47.4 Å². The van der Waals surface area contributed by atoms with Crippen LogP contribution in [0.5, 0.6) is 0 Å². The van der Waals surface area contributed by atoms with Crippen molar-refractivity contribution in [2.45, 2.75) is 64.2 Å². The zero-order valence-electron chi connectivity index (χ0n) is 26.4. The van der Waals surface area contributed by atoms with E-state index in [0.29, 0.717) is 11.3 Å². The van der Waals surface area contributed by atoms with Crippen LogP contribution in [0, 0.1) is 11.8 Å². The Morgan fingerprint density at radius 1 is 1.00 bits per heavy atom. The number of carbonyl (C=O) groups excluding carboxylic acids is 4. The fourth-order valence-electron chi connectivity index (χ4n) is 5.46. The molecular weight excluding hydrogens is 574 g/mol. The molecule has 45 heavy (non-hydrogen) atoms. The fraction of sp³-hybridized carbons (Fsp3) is 0.400. The summed E-state index contributed by atoms with van der Waals surface area (Å²) in [6.07, 6.45) is -0.401. The number of esters is 2. The van der Waals surface area contributed by atoms with Gasteiger partial charge >= 0.3 is 11.9 Å². The minimum absolute atomic E-state index is 0.0393. The number of hydrogen-bond acceptors (Lipinski definition) is 9. The summed E-state index contributed by atoms with van der Waals surface area (Å²) in [7, 11) is 1.17. The van der Waals surface area contributed by atoms with Crippen LogP contribution >= 0.6 is 0 Å². The lowest BCUT2D eigenvalue weighted by molar-refractivity contribution is -0.160. The first-order valence-electron chi connectivity index (χ1n) is 15.0. The summed E-state index contributed by atoms with van der Waals surface area (Å²) in [6, 6.07) is 21.1. The van der Waals surface area contributed by atoms with E-state index in [0.717, 1.165) is 16.3 Å². The van der Waals surface area contributed by atoms with Crippen molar-refractivity contribution in [3.63, 3.8) is 0 Å². The summed E-state index contributed by atoms with van der Waals surface area (Å²) in [5.74, 6) is -3.45. The number of oxime groups is 1. The van der Waals surface area contributed by atoms with Crippen molar-refractivity contribution in [2.24, 2.45) is 22.7 Å². The molecule has 2 unspecified atom stereocenters. The van der Waals surface area contributed by atoms with Gasteiger partial charge in [-0.2, -0.15) is 0 Å². The van der Waals surface area contributed by atoms with Crippen molar-refractivity contribution in [1.29, 1.82) is 0 Å². The third-order valence-corrected chi connectivity index (χ3v) is 7.75. The van der Waals surface area contributed by atoms with Crippen LogP contribution in [0.4, 0.5) is 0 Å². The molecule has 10 nitrogen and oxygen atoms in total. The molecular formula is C35H41N3O7. The summed E-state index contributed by atoms with van der Waals surface area (Å²) in [4.78, 5) is 59.4. The molecule has 0 saturated heterocycles. The fourth-order valence-corrected chi connectivity index (χ4v) is 5.46. The molecule has 1 heterocycles. The number of nitrogens with one attached hydrogen (secondary N) is 1. The first-order chi connectivity index (χ1) is 21.4. The molecule has 10 heteroatoms. The number of rotatable bonds is 12. The summed E-state index contributed by atoms with van der Waals surface area (Å²) in [6.45, 7) is 7.16. The Balaban J connectivity index is 1.65. The average molecular weight is 616 g/mol. The van der Waals surface area contributed by atoms with E-state index in [4.69, 9.17) is 20.0 Å². The summed E-state index contributed by atoms with van der Waals surface area (Å²) in [5.41, 5.74) is 5.31. The molecule has 4 rings (SSSR count). The van der Waals surface area contributed by atoms with Gasteiger partial charge in [0.15, 0.2) is 5.78 Å². The van der Waals surface area contributed by atoms with Gasteiger partial charge in [0.2, 0.25) is 5.60 Å². The number of Topliss-reactive ketones (excluding diaryl/α,β-unsaturated/α-hetero) is 1. The Morgan fingerprint density at radius 2 is 1.67 bits per heavy atom. The number of nitrogens with two attached hydrogens (primary N) is 1. The maximum Gasteiger partial charge on any atom is 0.328 e. The first-order valence-corrected chi connectivity index (χ1v) is 15.0. The molecule has 0 saturated carbocycles. The minimum Gasteiger partial charge on any atom is -0.467 e. The van der Waals surface area contributed by atoms with Gasteiger partial charge in [0.1, 0.15) is 11.6 Å². The van der Waals surface area contributed by atoms with Gasteiger partial charge in [-0.05, 0) is 55.6 Å². The van der Waals surface area contributed by atoms with E-state index in [-0.39, 0.29) is 31.1 Å². The third-order valence-electron chi connectivity index (χ3n) is 7.75. The molecule has 0 spiro atoms. The van der Waals surface area contributed by atoms with Gasteiger partial charge in [-0.3, -0.25) is 14.4 Å². The summed E-state index contributed by atoms with van der Waals surface area (Å²) in [5, 5.41) is 8.91. The van der Waals surface area contributed by atoms with Gasteiger partial charge in [-0.25, -0.2) is 4.79 Å².